The van der Waals surface area contributed by atoms with Crippen LogP contribution in [0.4, 0.5) is 0 Å². The number of aliphatic carboxylic acids is 2. The number of hydrogen-bond donors (Lipinski definition) is 5. The summed E-state index contributed by atoms with van der Waals surface area (Å²) in [5.41, 5.74) is 3.89. The van der Waals surface area contributed by atoms with Crippen LogP contribution in [0, 0.1) is 17.8 Å². The van der Waals surface area contributed by atoms with Crippen molar-refractivity contribution in [1.82, 2.24) is 30.5 Å². The van der Waals surface area contributed by atoms with Crippen LogP contribution < -0.4 is 10.6 Å². The van der Waals surface area contributed by atoms with E-state index in [0.717, 1.165) is 35.4 Å². The van der Waals surface area contributed by atoms with Crippen molar-refractivity contribution in [3.05, 3.63) is 82.2 Å². The molecule has 1 amide bonds. The van der Waals surface area contributed by atoms with E-state index in [2.05, 4.69) is 57.0 Å². The Morgan fingerprint density at radius 2 is 1.85 bits per heavy atom. The van der Waals surface area contributed by atoms with Gasteiger partial charge in [0.2, 0.25) is 5.91 Å². The lowest BCUT2D eigenvalue weighted by Crippen LogP contribution is -2.51. The topological polar surface area (TPSA) is 218 Å². The van der Waals surface area contributed by atoms with Crippen molar-refractivity contribution in [2.24, 2.45) is 17.8 Å². The van der Waals surface area contributed by atoms with Crippen molar-refractivity contribution in [2.75, 3.05) is 20.7 Å². The van der Waals surface area contributed by atoms with E-state index in [4.69, 9.17) is 30.9 Å². The molecule has 17 heteroatoms. The average Bonchev–Trinajstić information content (AvgIpc) is 3.89. The number of nitrogens with zero attached hydrogens (tertiary/aromatic N) is 4. The first-order valence-electron chi connectivity index (χ1n) is 21.0. The molecule has 2 heterocycles. The number of carboxylic acids is 2. The number of esters is 1. The van der Waals surface area contributed by atoms with Crippen LogP contribution in [0.1, 0.15) is 95.6 Å². The molecule has 2 aliphatic rings. The second-order valence-corrected chi connectivity index (χ2v) is 17.0. The van der Waals surface area contributed by atoms with Crippen molar-refractivity contribution in [3.8, 4) is 0 Å². The maximum Gasteiger partial charge on any atom is 0.345 e. The highest BCUT2D eigenvalue weighted by molar-refractivity contribution is 6.30. The number of aryl methyl sites for hydroxylation is 1. The number of ether oxygens (including phenoxy) is 3. The third kappa shape index (κ3) is 16.7. The van der Waals surface area contributed by atoms with Gasteiger partial charge in [-0.25, -0.2) is 4.79 Å². The zero-order valence-corrected chi connectivity index (χ0v) is 36.8. The monoisotopic (exact) mass is 870 g/mol. The van der Waals surface area contributed by atoms with E-state index in [1.807, 2.05) is 33.2 Å². The van der Waals surface area contributed by atoms with Gasteiger partial charge in [0, 0.05) is 50.9 Å². The number of nitrogens with one attached hydrogen (secondary N) is 2. The van der Waals surface area contributed by atoms with E-state index < -0.39 is 48.1 Å². The number of aliphatic hydroxyl groups is 1. The van der Waals surface area contributed by atoms with Crippen molar-refractivity contribution in [3.63, 3.8) is 0 Å². The SMILES string of the molecule is COC1CC=C(CC(NC(=O)C=CCCC(C)C2OC2c2ccc(CN(C)Cc3cn(CCCC(=O)O)nn3)cc2)C(O)NCC(C)C(=O)OC(CC(C)C)C(=O)O)C=C1Cl. The maximum atomic E-state index is 13.2. The number of epoxide rings is 1. The van der Waals surface area contributed by atoms with Gasteiger partial charge >= 0.3 is 17.9 Å². The van der Waals surface area contributed by atoms with Crippen LogP contribution >= 0.6 is 11.6 Å². The molecule has 0 spiro atoms. The Morgan fingerprint density at radius 1 is 1.11 bits per heavy atom. The lowest BCUT2D eigenvalue weighted by Gasteiger charge is -2.27. The Balaban J connectivity index is 1.23. The van der Waals surface area contributed by atoms with Crippen molar-refractivity contribution >= 4 is 35.4 Å². The largest absolute Gasteiger partial charge is 0.481 e. The van der Waals surface area contributed by atoms with Crippen LogP contribution in [0.25, 0.3) is 0 Å². The molecule has 61 heavy (non-hydrogen) atoms. The third-order valence-corrected chi connectivity index (χ3v) is 11.0. The number of allylic oxidation sites excluding steroid dienone is 2. The molecule has 1 aromatic heterocycles. The summed E-state index contributed by atoms with van der Waals surface area (Å²) in [6, 6.07) is 7.61. The fourth-order valence-electron chi connectivity index (χ4n) is 7.09. The zero-order chi connectivity index (χ0) is 44.6. The number of halogens is 1. The van der Waals surface area contributed by atoms with Gasteiger partial charge in [-0.1, -0.05) is 80.9 Å². The number of amides is 1. The standard InChI is InChI=1S/C44H63ClN6O10/c1-27(2)20-37(43(56)57)60-44(58)29(4)23-46-42(55)35(22-31-15-18-36(59-6)34(45)21-31)47-38(52)11-8-7-10-28(3)40-41(61-40)32-16-13-30(14-17-32)24-50(5)25-33-26-51(49-48-33)19-9-12-39(53)54/h8,11,13-17,21,26-29,35-37,40-42,46,55H,7,9-10,12,18-20,22-25H2,1-6H3,(H,47,52)(H,53,54)(H,56,57). The molecule has 0 radical (unpaired) electrons. The lowest BCUT2D eigenvalue weighted by molar-refractivity contribution is -0.167. The normalized spacial score (nSPS) is 20.1. The van der Waals surface area contributed by atoms with Crippen LogP contribution in [0.15, 0.2) is 65.4 Å². The van der Waals surface area contributed by atoms with E-state index in [-0.39, 0.29) is 56.0 Å². The Kier molecular flexibility index (Phi) is 19.6. The average molecular weight is 871 g/mol. The minimum atomic E-state index is -1.26. The highest BCUT2D eigenvalue weighted by atomic mass is 35.5. The number of benzene rings is 1. The first-order valence-corrected chi connectivity index (χ1v) is 21.3. The van der Waals surface area contributed by atoms with Crippen molar-refractivity contribution < 1.29 is 48.7 Å². The van der Waals surface area contributed by atoms with Gasteiger partial charge in [0.15, 0.2) is 6.10 Å². The van der Waals surface area contributed by atoms with Crippen LogP contribution in [-0.4, -0.2) is 110 Å². The molecule has 16 nitrogen and oxygen atoms in total. The molecule has 0 bridgehead atoms. The molecule has 4 rings (SSSR count). The summed E-state index contributed by atoms with van der Waals surface area (Å²) in [6.45, 7) is 9.22. The Bertz CT molecular complexity index is 1850. The molecule has 1 aromatic carbocycles. The highest BCUT2D eigenvalue weighted by Crippen LogP contribution is 2.44. The number of aliphatic hydroxyl groups excluding tert-OH is 1. The molecule has 1 saturated heterocycles. The molecule has 8 unspecified atom stereocenters. The molecule has 336 valence electrons. The molecule has 1 fully saturated rings. The van der Waals surface area contributed by atoms with E-state index in [1.54, 1.807) is 30.9 Å². The molecule has 8 atom stereocenters. The summed E-state index contributed by atoms with van der Waals surface area (Å²) in [4.78, 5) is 50.4. The number of rotatable bonds is 27. The first kappa shape index (κ1) is 49.2. The lowest BCUT2D eigenvalue weighted by atomic mass is 9.96. The van der Waals surface area contributed by atoms with E-state index in [0.29, 0.717) is 37.4 Å². The van der Waals surface area contributed by atoms with Crippen LogP contribution in [0.3, 0.4) is 0 Å². The molecule has 1 aliphatic heterocycles. The van der Waals surface area contributed by atoms with Gasteiger partial charge in [-0.2, -0.15) is 0 Å². The predicted octanol–water partition coefficient (Wildman–Crippen LogP) is 5.12. The Hall–Kier alpha value is -4.45. The van der Waals surface area contributed by atoms with Gasteiger partial charge in [-0.15, -0.1) is 5.10 Å². The van der Waals surface area contributed by atoms with Crippen LogP contribution in [-0.2, 0) is 53.0 Å². The number of hydrogen-bond acceptors (Lipinski definition) is 12. The van der Waals surface area contributed by atoms with Gasteiger partial charge < -0.3 is 34.8 Å². The van der Waals surface area contributed by atoms with E-state index in [1.165, 1.54) is 6.08 Å². The van der Waals surface area contributed by atoms with Crippen molar-refractivity contribution in [1.29, 1.82) is 0 Å². The molecule has 2 aromatic rings. The van der Waals surface area contributed by atoms with Gasteiger partial charge in [0.1, 0.15) is 12.3 Å². The Labute approximate surface area is 363 Å². The van der Waals surface area contributed by atoms with E-state index in [9.17, 15) is 29.4 Å². The van der Waals surface area contributed by atoms with Gasteiger partial charge in [-0.3, -0.25) is 29.3 Å². The van der Waals surface area contributed by atoms with Crippen LogP contribution in [0.5, 0.6) is 0 Å². The summed E-state index contributed by atoms with van der Waals surface area (Å²) in [7, 11) is 3.58. The second-order valence-electron chi connectivity index (χ2n) is 16.6. The fraction of sp³-hybridized carbons (Fsp3) is 0.591. The third-order valence-electron chi connectivity index (χ3n) is 10.6. The number of carbonyl (C=O) groups excluding carboxylic acids is 2. The number of aromatic nitrogens is 3. The predicted molar refractivity (Wildman–Crippen MR) is 228 cm³/mol. The maximum absolute atomic E-state index is 13.2. The minimum absolute atomic E-state index is 0.0108. The highest BCUT2D eigenvalue weighted by Gasteiger charge is 2.43. The number of carbonyl (C=O) groups is 4. The number of carboxylic acid groups (broad SMARTS) is 2. The fourth-order valence-corrected chi connectivity index (χ4v) is 7.41. The van der Waals surface area contributed by atoms with Crippen LogP contribution in [0.2, 0.25) is 0 Å². The van der Waals surface area contributed by atoms with Gasteiger partial charge in [-0.05, 0) is 86.3 Å². The summed E-state index contributed by atoms with van der Waals surface area (Å²) >= 11 is 6.42. The molecule has 5 N–H and O–H groups in total. The minimum Gasteiger partial charge on any atom is -0.481 e. The van der Waals surface area contributed by atoms with Gasteiger partial charge in [0.05, 0.1) is 29.9 Å². The zero-order valence-electron chi connectivity index (χ0n) is 36.0. The molecular formula is C44H63ClN6O10. The summed E-state index contributed by atoms with van der Waals surface area (Å²) in [5.74, 6) is -3.65. The summed E-state index contributed by atoms with van der Waals surface area (Å²) in [6.07, 6.45) is 9.12. The molecule has 0 saturated carbocycles. The summed E-state index contributed by atoms with van der Waals surface area (Å²) < 4.78 is 18.4. The summed E-state index contributed by atoms with van der Waals surface area (Å²) in [5, 5.41) is 44.1. The second kappa shape index (κ2) is 24.3. The molecular weight excluding hydrogens is 808 g/mol. The van der Waals surface area contributed by atoms with E-state index >= 15 is 0 Å². The smallest absolute Gasteiger partial charge is 0.345 e. The number of methoxy groups -OCH3 is 1. The van der Waals surface area contributed by atoms with Crippen molar-refractivity contribution in [2.45, 2.75) is 129 Å². The first-order chi connectivity index (χ1) is 29.0. The quantitative estimate of drug-likeness (QED) is 0.0341. The van der Waals surface area contributed by atoms with Gasteiger partial charge in [0.25, 0.3) is 0 Å². The molecule has 1 aliphatic carbocycles. The Morgan fingerprint density at radius 3 is 2.51 bits per heavy atom.